The Morgan fingerprint density at radius 1 is 1.24 bits per heavy atom. The first-order valence-corrected chi connectivity index (χ1v) is 8.38. The van der Waals surface area contributed by atoms with E-state index in [9.17, 15) is 0 Å². The summed E-state index contributed by atoms with van der Waals surface area (Å²) in [6.45, 7) is 5.96. The Morgan fingerprint density at radius 2 is 2.05 bits per heavy atom. The van der Waals surface area contributed by atoms with Gasteiger partial charge in [-0.3, -0.25) is 0 Å². The van der Waals surface area contributed by atoms with E-state index in [1.54, 1.807) is 0 Å². The second-order valence-electron chi connectivity index (χ2n) is 6.34. The number of para-hydroxylation sites is 1. The molecule has 2 heterocycles. The van der Waals surface area contributed by atoms with Crippen molar-refractivity contribution in [1.29, 1.82) is 0 Å². The molecule has 0 saturated carbocycles. The third-order valence-corrected chi connectivity index (χ3v) is 4.87. The maximum Gasteiger partial charge on any atom is 0.122 e. The van der Waals surface area contributed by atoms with Crippen molar-refractivity contribution in [2.75, 3.05) is 26.4 Å². The molecule has 2 aliphatic heterocycles. The molecule has 1 saturated heterocycles. The van der Waals surface area contributed by atoms with Gasteiger partial charge in [-0.25, -0.2) is 0 Å². The molecule has 0 bridgehead atoms. The summed E-state index contributed by atoms with van der Waals surface area (Å²) in [6.07, 6.45) is 4.82. The standard InChI is InChI=1S/C18H27NO2/c1-2-19-17(11-14-7-9-20-10-8-14)16-12-15-5-3-4-6-18(15)21-13-16/h3-6,14,16-17,19H,2,7-13H2,1H3. The number of hydrogen-bond acceptors (Lipinski definition) is 3. The number of hydrogen-bond donors (Lipinski definition) is 1. The maximum atomic E-state index is 5.99. The summed E-state index contributed by atoms with van der Waals surface area (Å²) >= 11 is 0. The molecule has 1 aromatic rings. The third kappa shape index (κ3) is 3.78. The fraction of sp³-hybridized carbons (Fsp3) is 0.667. The summed E-state index contributed by atoms with van der Waals surface area (Å²) in [5.74, 6) is 2.47. The van der Waals surface area contributed by atoms with Gasteiger partial charge >= 0.3 is 0 Å². The second kappa shape index (κ2) is 7.28. The lowest BCUT2D eigenvalue weighted by Gasteiger charge is -2.35. The molecule has 0 radical (unpaired) electrons. The van der Waals surface area contributed by atoms with E-state index >= 15 is 0 Å². The van der Waals surface area contributed by atoms with Crippen molar-refractivity contribution in [2.45, 2.75) is 38.6 Å². The molecule has 0 aliphatic carbocycles. The van der Waals surface area contributed by atoms with Crippen LogP contribution < -0.4 is 10.1 Å². The van der Waals surface area contributed by atoms with Crippen molar-refractivity contribution < 1.29 is 9.47 Å². The quantitative estimate of drug-likeness (QED) is 0.904. The van der Waals surface area contributed by atoms with Crippen molar-refractivity contribution in [1.82, 2.24) is 5.32 Å². The lowest BCUT2D eigenvalue weighted by Crippen LogP contribution is -2.43. The first-order chi connectivity index (χ1) is 10.4. The Balaban J connectivity index is 1.64. The Bertz CT molecular complexity index is 443. The predicted molar refractivity (Wildman–Crippen MR) is 84.8 cm³/mol. The smallest absolute Gasteiger partial charge is 0.122 e. The van der Waals surface area contributed by atoms with Crippen molar-refractivity contribution in [2.24, 2.45) is 11.8 Å². The largest absolute Gasteiger partial charge is 0.493 e. The Labute approximate surface area is 128 Å². The molecular weight excluding hydrogens is 262 g/mol. The van der Waals surface area contributed by atoms with Gasteiger partial charge in [0, 0.05) is 25.2 Å². The van der Waals surface area contributed by atoms with E-state index in [-0.39, 0.29) is 0 Å². The van der Waals surface area contributed by atoms with Gasteiger partial charge in [0.25, 0.3) is 0 Å². The topological polar surface area (TPSA) is 30.5 Å². The van der Waals surface area contributed by atoms with E-state index in [1.807, 2.05) is 0 Å². The lowest BCUT2D eigenvalue weighted by molar-refractivity contribution is 0.0551. The SMILES string of the molecule is CCNC(CC1CCOCC1)C1COc2ccccc2C1. The molecular formula is C18H27NO2. The van der Waals surface area contributed by atoms with Gasteiger partial charge in [0.1, 0.15) is 5.75 Å². The van der Waals surface area contributed by atoms with Crippen LogP contribution in [0.3, 0.4) is 0 Å². The van der Waals surface area contributed by atoms with E-state index in [4.69, 9.17) is 9.47 Å². The summed E-state index contributed by atoms with van der Waals surface area (Å²) in [5.41, 5.74) is 1.36. The third-order valence-electron chi connectivity index (χ3n) is 4.87. The van der Waals surface area contributed by atoms with Gasteiger partial charge < -0.3 is 14.8 Å². The highest BCUT2D eigenvalue weighted by molar-refractivity contribution is 5.35. The van der Waals surface area contributed by atoms with Crippen LogP contribution in [0.5, 0.6) is 5.75 Å². The molecule has 21 heavy (non-hydrogen) atoms. The first-order valence-electron chi connectivity index (χ1n) is 8.38. The summed E-state index contributed by atoms with van der Waals surface area (Å²) < 4.78 is 11.5. The molecule has 0 aromatic heterocycles. The molecule has 2 atom stereocenters. The van der Waals surface area contributed by atoms with Gasteiger partial charge in [-0.15, -0.1) is 0 Å². The van der Waals surface area contributed by atoms with Gasteiger partial charge in [0.2, 0.25) is 0 Å². The van der Waals surface area contributed by atoms with Crippen LogP contribution in [0.2, 0.25) is 0 Å². The number of benzene rings is 1. The number of fused-ring (bicyclic) bond motifs is 1. The number of nitrogens with one attached hydrogen (secondary N) is 1. The van der Waals surface area contributed by atoms with Crippen molar-refractivity contribution >= 4 is 0 Å². The normalized spacial score (nSPS) is 24.1. The molecule has 1 aromatic carbocycles. The van der Waals surface area contributed by atoms with Crippen LogP contribution in [0.25, 0.3) is 0 Å². The number of rotatable bonds is 5. The fourth-order valence-corrected chi connectivity index (χ4v) is 3.66. The number of ether oxygens (including phenoxy) is 2. The van der Waals surface area contributed by atoms with Gasteiger partial charge in [-0.05, 0) is 49.8 Å². The average Bonchev–Trinajstić information content (AvgIpc) is 2.55. The Hall–Kier alpha value is -1.06. The highest BCUT2D eigenvalue weighted by Crippen LogP contribution is 2.31. The van der Waals surface area contributed by atoms with Gasteiger partial charge in [-0.2, -0.15) is 0 Å². The second-order valence-corrected chi connectivity index (χ2v) is 6.34. The minimum atomic E-state index is 0.562. The van der Waals surface area contributed by atoms with E-state index in [1.165, 1.54) is 24.8 Å². The van der Waals surface area contributed by atoms with Crippen molar-refractivity contribution in [3.05, 3.63) is 29.8 Å². The molecule has 1 N–H and O–H groups in total. The zero-order valence-corrected chi connectivity index (χ0v) is 13.0. The van der Waals surface area contributed by atoms with Gasteiger partial charge in [-0.1, -0.05) is 25.1 Å². The molecule has 116 valence electrons. The monoisotopic (exact) mass is 289 g/mol. The minimum Gasteiger partial charge on any atom is -0.493 e. The zero-order chi connectivity index (χ0) is 14.5. The molecule has 2 aliphatic rings. The Morgan fingerprint density at radius 3 is 2.86 bits per heavy atom. The molecule has 0 spiro atoms. The van der Waals surface area contributed by atoms with E-state index in [2.05, 4.69) is 36.5 Å². The van der Waals surface area contributed by atoms with Crippen molar-refractivity contribution in [3.63, 3.8) is 0 Å². The van der Waals surface area contributed by atoms with Crippen molar-refractivity contribution in [3.8, 4) is 5.75 Å². The summed E-state index contributed by atoms with van der Waals surface area (Å²) in [4.78, 5) is 0. The summed E-state index contributed by atoms with van der Waals surface area (Å²) in [6, 6.07) is 9.03. The van der Waals surface area contributed by atoms with E-state index < -0.39 is 0 Å². The van der Waals surface area contributed by atoms with E-state index in [0.29, 0.717) is 12.0 Å². The summed E-state index contributed by atoms with van der Waals surface area (Å²) in [7, 11) is 0. The Kier molecular flexibility index (Phi) is 5.15. The van der Waals surface area contributed by atoms with Crippen LogP contribution in [-0.4, -0.2) is 32.4 Å². The zero-order valence-electron chi connectivity index (χ0n) is 13.0. The molecule has 2 unspecified atom stereocenters. The first kappa shape index (κ1) is 14.9. The van der Waals surface area contributed by atoms with Gasteiger partial charge in [0.05, 0.1) is 6.61 Å². The minimum absolute atomic E-state index is 0.562. The maximum absolute atomic E-state index is 5.99. The van der Waals surface area contributed by atoms with Crippen LogP contribution >= 0.6 is 0 Å². The highest BCUT2D eigenvalue weighted by Gasteiger charge is 2.29. The van der Waals surface area contributed by atoms with E-state index in [0.717, 1.165) is 44.5 Å². The predicted octanol–water partition coefficient (Wildman–Crippen LogP) is 3.03. The van der Waals surface area contributed by atoms with Crippen LogP contribution in [0.15, 0.2) is 24.3 Å². The van der Waals surface area contributed by atoms with Crippen LogP contribution in [0, 0.1) is 11.8 Å². The molecule has 3 rings (SSSR count). The average molecular weight is 289 g/mol. The van der Waals surface area contributed by atoms with Crippen LogP contribution in [0.1, 0.15) is 31.7 Å². The lowest BCUT2D eigenvalue weighted by atomic mass is 9.83. The molecule has 3 heteroatoms. The summed E-state index contributed by atoms with van der Waals surface area (Å²) in [5, 5.41) is 3.71. The fourth-order valence-electron chi connectivity index (χ4n) is 3.66. The van der Waals surface area contributed by atoms with Crippen LogP contribution in [0.4, 0.5) is 0 Å². The van der Waals surface area contributed by atoms with Crippen LogP contribution in [-0.2, 0) is 11.2 Å². The molecule has 0 amide bonds. The molecule has 1 fully saturated rings. The van der Waals surface area contributed by atoms with Gasteiger partial charge in [0.15, 0.2) is 0 Å². The molecule has 3 nitrogen and oxygen atoms in total. The highest BCUT2D eigenvalue weighted by atomic mass is 16.5.